The number of aryl methyl sites for hydroxylation is 1. The maximum Gasteiger partial charge on any atom is 0.108 e. The summed E-state index contributed by atoms with van der Waals surface area (Å²) in [4.78, 5) is 11.0. The summed E-state index contributed by atoms with van der Waals surface area (Å²) in [5, 5.41) is 13.8. The lowest BCUT2D eigenvalue weighted by atomic mass is 10.1. The maximum absolute atomic E-state index is 10.9. The molecule has 18 heavy (non-hydrogen) atoms. The van der Waals surface area contributed by atoms with Crippen molar-refractivity contribution >= 4 is 23.2 Å². The van der Waals surface area contributed by atoms with Crippen LogP contribution in [0.3, 0.4) is 0 Å². The Labute approximate surface area is 109 Å². The number of hydrogen-bond acceptors (Lipinski definition) is 5. The van der Waals surface area contributed by atoms with Crippen LogP contribution in [0.25, 0.3) is 11.3 Å². The number of quaternary nitrogens is 1. The van der Waals surface area contributed by atoms with Gasteiger partial charge in [0.1, 0.15) is 5.69 Å². The largest absolute Gasteiger partial charge is 0.544 e. The molecule has 0 unspecified atom stereocenters. The predicted octanol–water partition coefficient (Wildman–Crippen LogP) is 1.90. The molecule has 5 N–H and O–H groups in total. The first-order chi connectivity index (χ1) is 8.13. The van der Waals surface area contributed by atoms with Crippen molar-refractivity contribution in [1.29, 1.82) is 0 Å². The van der Waals surface area contributed by atoms with E-state index in [1.165, 1.54) is 0 Å². The second-order valence-corrected chi connectivity index (χ2v) is 4.41. The third-order valence-electron chi connectivity index (χ3n) is 2.45. The first kappa shape index (κ1) is 14.1. The number of carbonyl (C=O) groups excluding carboxylic acids is 1. The minimum Gasteiger partial charge on any atom is -0.544 e. The normalized spacial score (nSPS) is 9.67. The molecule has 1 heterocycles. The smallest absolute Gasteiger partial charge is 0.108 e. The Morgan fingerprint density at radius 1 is 1.33 bits per heavy atom. The Bertz CT molecular complexity index is 549. The first-order valence-corrected chi connectivity index (χ1v) is 5.86. The number of nitrogens with one attached hydrogen (secondary N) is 1. The van der Waals surface area contributed by atoms with E-state index in [0.717, 1.165) is 22.7 Å². The number of carboxylic acid groups (broad SMARTS) is 1. The molecule has 2 aromatic rings. The Hall–Kier alpha value is -1.92. The van der Waals surface area contributed by atoms with Crippen LogP contribution in [-0.2, 0) is 0 Å². The molecule has 0 radical (unpaired) electrons. The summed E-state index contributed by atoms with van der Waals surface area (Å²) in [7, 11) is 1.67. The highest BCUT2D eigenvalue weighted by Gasteiger charge is 2.14. The lowest BCUT2D eigenvalue weighted by Gasteiger charge is -2.05. The maximum atomic E-state index is 10.9. The van der Waals surface area contributed by atoms with Gasteiger partial charge < -0.3 is 21.4 Å². The zero-order valence-corrected chi connectivity index (χ0v) is 11.3. The van der Waals surface area contributed by atoms with E-state index in [-0.39, 0.29) is 11.0 Å². The van der Waals surface area contributed by atoms with Crippen LogP contribution in [0.2, 0.25) is 0 Å². The third kappa shape index (κ3) is 2.49. The second-order valence-electron chi connectivity index (χ2n) is 3.64. The summed E-state index contributed by atoms with van der Waals surface area (Å²) >= 11 is 0.933. The molecular formula is C12H15N3O2S. The van der Waals surface area contributed by atoms with E-state index < -0.39 is 5.97 Å². The number of benzene rings is 1. The number of anilines is 1. The summed E-state index contributed by atoms with van der Waals surface area (Å²) in [5.41, 5.74) is 3.20. The standard InChI is InChI=1S/C12H12N2O2S.H3N/c1-7-3-5-8(6-4-7)9-10(13-2)11(12(15)16)17-14-9;/h3-6,13H,1-2H3,(H,15,16);1H3. The quantitative estimate of drug-likeness (QED) is 0.884. The van der Waals surface area contributed by atoms with Gasteiger partial charge in [-0.05, 0) is 18.5 Å². The molecule has 5 nitrogen and oxygen atoms in total. The summed E-state index contributed by atoms with van der Waals surface area (Å²) in [5.74, 6) is -1.20. The van der Waals surface area contributed by atoms with Gasteiger partial charge in [-0.25, -0.2) is 0 Å². The van der Waals surface area contributed by atoms with Gasteiger partial charge in [0.25, 0.3) is 0 Å². The second kappa shape index (κ2) is 5.61. The molecule has 0 amide bonds. The first-order valence-electron chi connectivity index (χ1n) is 5.09. The van der Waals surface area contributed by atoms with Crippen molar-refractivity contribution < 1.29 is 9.90 Å². The van der Waals surface area contributed by atoms with Gasteiger partial charge in [-0.2, -0.15) is 4.37 Å². The molecule has 1 aromatic heterocycles. The number of rotatable bonds is 3. The highest BCUT2D eigenvalue weighted by Crippen LogP contribution is 2.32. The average molecular weight is 265 g/mol. The van der Waals surface area contributed by atoms with Crippen LogP contribution < -0.4 is 16.6 Å². The van der Waals surface area contributed by atoms with Crippen molar-refractivity contribution in [2.75, 3.05) is 12.4 Å². The fourth-order valence-corrected chi connectivity index (χ4v) is 2.31. The van der Waals surface area contributed by atoms with Crippen LogP contribution in [0.15, 0.2) is 24.3 Å². The van der Waals surface area contributed by atoms with Gasteiger partial charge in [-0.1, -0.05) is 29.8 Å². The Morgan fingerprint density at radius 3 is 2.44 bits per heavy atom. The number of aromatic carboxylic acids is 1. The number of carboxylic acids is 1. The van der Waals surface area contributed by atoms with Crippen molar-refractivity contribution in [1.82, 2.24) is 10.5 Å². The molecule has 0 atom stereocenters. The van der Waals surface area contributed by atoms with Crippen LogP contribution >= 0.6 is 11.5 Å². The van der Waals surface area contributed by atoms with E-state index in [4.69, 9.17) is 0 Å². The number of nitrogens with zero attached hydrogens (tertiary/aromatic N) is 1. The average Bonchev–Trinajstić information content (AvgIpc) is 2.73. The Morgan fingerprint density at radius 2 is 1.94 bits per heavy atom. The highest BCUT2D eigenvalue weighted by molar-refractivity contribution is 7.08. The van der Waals surface area contributed by atoms with E-state index in [1.54, 1.807) is 7.05 Å². The van der Waals surface area contributed by atoms with Crippen LogP contribution in [0, 0.1) is 6.92 Å². The fraction of sp³-hybridized carbons (Fsp3) is 0.167. The van der Waals surface area contributed by atoms with Gasteiger partial charge in [-0.15, -0.1) is 0 Å². The summed E-state index contributed by atoms with van der Waals surface area (Å²) in [6.07, 6.45) is 0. The van der Waals surface area contributed by atoms with E-state index in [9.17, 15) is 9.90 Å². The van der Waals surface area contributed by atoms with Gasteiger partial charge in [-0.3, -0.25) is 0 Å². The van der Waals surface area contributed by atoms with Crippen molar-refractivity contribution in [2.45, 2.75) is 6.92 Å². The van der Waals surface area contributed by atoms with Crippen molar-refractivity contribution in [3.05, 3.63) is 34.7 Å². The monoisotopic (exact) mass is 265 g/mol. The molecule has 0 aliphatic rings. The predicted molar refractivity (Wildman–Crippen MR) is 72.1 cm³/mol. The van der Waals surface area contributed by atoms with Crippen molar-refractivity contribution in [3.8, 4) is 11.3 Å². The summed E-state index contributed by atoms with van der Waals surface area (Å²) < 4.78 is 4.17. The Balaban J connectivity index is 0.00000162. The molecule has 0 aliphatic heterocycles. The molecule has 2 rings (SSSR count). The lowest BCUT2D eigenvalue weighted by molar-refractivity contribution is -0.254. The van der Waals surface area contributed by atoms with Gasteiger partial charge in [0.15, 0.2) is 0 Å². The number of carbonyl (C=O) groups is 1. The van der Waals surface area contributed by atoms with E-state index >= 15 is 0 Å². The highest BCUT2D eigenvalue weighted by atomic mass is 32.1. The van der Waals surface area contributed by atoms with Gasteiger partial charge >= 0.3 is 0 Å². The molecule has 6 heteroatoms. The molecule has 1 aromatic carbocycles. The summed E-state index contributed by atoms with van der Waals surface area (Å²) in [6.45, 7) is 2.00. The molecule has 0 saturated heterocycles. The molecule has 0 spiro atoms. The molecule has 0 saturated carbocycles. The zero-order chi connectivity index (χ0) is 12.4. The molecule has 0 aliphatic carbocycles. The molecule has 0 bridgehead atoms. The van der Waals surface area contributed by atoms with E-state index in [2.05, 4.69) is 9.69 Å². The van der Waals surface area contributed by atoms with Crippen LogP contribution in [0.1, 0.15) is 15.2 Å². The lowest BCUT2D eigenvalue weighted by Crippen LogP contribution is -2.21. The molecule has 0 fully saturated rings. The van der Waals surface area contributed by atoms with E-state index in [0.29, 0.717) is 11.4 Å². The molecule has 96 valence electrons. The summed E-state index contributed by atoms with van der Waals surface area (Å²) in [6, 6.07) is 7.77. The van der Waals surface area contributed by atoms with E-state index in [1.807, 2.05) is 31.2 Å². The SMILES string of the molecule is CNc1c(-c2ccc(C)cc2)nsc1C(=O)[O-].[NH4+]. The minimum atomic E-state index is -1.20. The topological polar surface area (TPSA) is 102 Å². The van der Waals surface area contributed by atoms with Crippen molar-refractivity contribution in [3.63, 3.8) is 0 Å². The number of hydrogen-bond donors (Lipinski definition) is 2. The third-order valence-corrected chi connectivity index (χ3v) is 3.28. The molecular weight excluding hydrogens is 250 g/mol. The van der Waals surface area contributed by atoms with Crippen molar-refractivity contribution in [2.24, 2.45) is 0 Å². The van der Waals surface area contributed by atoms with Gasteiger partial charge in [0.05, 0.1) is 16.5 Å². The fourth-order valence-electron chi connectivity index (χ4n) is 1.57. The van der Waals surface area contributed by atoms with Crippen LogP contribution in [0.5, 0.6) is 0 Å². The zero-order valence-electron chi connectivity index (χ0n) is 10.5. The van der Waals surface area contributed by atoms with Gasteiger partial charge in [0.2, 0.25) is 0 Å². The van der Waals surface area contributed by atoms with Gasteiger partial charge in [0, 0.05) is 12.6 Å². The minimum absolute atomic E-state index is 0. The number of aromatic nitrogens is 1. The van der Waals surface area contributed by atoms with Crippen LogP contribution in [-0.4, -0.2) is 17.4 Å². The Kier molecular flexibility index (Phi) is 4.41. The van der Waals surface area contributed by atoms with Crippen LogP contribution in [0.4, 0.5) is 5.69 Å².